The largest absolute Gasteiger partial charge is 0.346 e. The summed E-state index contributed by atoms with van der Waals surface area (Å²) in [7, 11) is 0. The fraction of sp³-hybridized carbons (Fsp3) is 0.611. The van der Waals surface area contributed by atoms with Crippen molar-refractivity contribution < 1.29 is 0 Å². The molecule has 3 aromatic rings. The van der Waals surface area contributed by atoms with Gasteiger partial charge in [-0.05, 0) is 25.7 Å². The highest BCUT2D eigenvalue weighted by atomic mass is 32.1. The molecule has 9 heteroatoms. The lowest BCUT2D eigenvalue weighted by molar-refractivity contribution is 0.428. The van der Waals surface area contributed by atoms with Gasteiger partial charge in [0, 0.05) is 37.2 Å². The molecular formula is C18H23N7OS. The molecule has 0 bridgehead atoms. The summed E-state index contributed by atoms with van der Waals surface area (Å²) in [6, 6.07) is 1.44. The molecule has 0 radical (unpaired) electrons. The van der Waals surface area contributed by atoms with Gasteiger partial charge < -0.3 is 4.90 Å². The Hall–Kier alpha value is -2.29. The molecule has 5 rings (SSSR count). The highest BCUT2D eigenvalue weighted by Gasteiger charge is 2.28. The highest BCUT2D eigenvalue weighted by Crippen LogP contribution is 2.33. The average molecular weight is 385 g/mol. The quantitative estimate of drug-likeness (QED) is 0.745. The normalized spacial score (nSPS) is 21.8. The van der Waals surface area contributed by atoms with E-state index in [1.165, 1.54) is 54.0 Å². The lowest BCUT2D eigenvalue weighted by atomic mass is 9.89. The van der Waals surface area contributed by atoms with Gasteiger partial charge in [-0.15, -0.1) is 5.10 Å². The van der Waals surface area contributed by atoms with Crippen LogP contribution in [-0.2, 0) is 0 Å². The van der Waals surface area contributed by atoms with Crippen LogP contribution in [0.4, 0.5) is 5.13 Å². The molecule has 1 atom stereocenters. The third kappa shape index (κ3) is 3.24. The second-order valence-corrected chi connectivity index (χ2v) is 8.50. The lowest BCUT2D eigenvalue weighted by Gasteiger charge is -2.30. The first kappa shape index (κ1) is 16.9. The van der Waals surface area contributed by atoms with Crippen LogP contribution in [0.25, 0.3) is 4.96 Å². The molecule has 2 aliphatic rings. The van der Waals surface area contributed by atoms with E-state index in [1.54, 1.807) is 6.20 Å². The van der Waals surface area contributed by atoms with Crippen LogP contribution in [0.15, 0.2) is 17.1 Å². The number of rotatable bonds is 3. The topological polar surface area (TPSA) is 92.1 Å². The second kappa shape index (κ2) is 7.03. The minimum Gasteiger partial charge on any atom is -0.346 e. The number of nitrogens with one attached hydrogen (secondary N) is 1. The maximum Gasteiger partial charge on any atom is 0.275 e. The van der Waals surface area contributed by atoms with Gasteiger partial charge >= 0.3 is 0 Å². The van der Waals surface area contributed by atoms with Crippen molar-refractivity contribution >= 4 is 21.4 Å². The number of fused-ring (bicyclic) bond motifs is 1. The molecular weight excluding hydrogens is 362 g/mol. The van der Waals surface area contributed by atoms with E-state index < -0.39 is 0 Å². The third-order valence-corrected chi connectivity index (χ3v) is 6.71. The summed E-state index contributed by atoms with van der Waals surface area (Å²) in [6.07, 6.45) is 10.1. The predicted molar refractivity (Wildman–Crippen MR) is 104 cm³/mol. The first-order chi connectivity index (χ1) is 13.3. The monoisotopic (exact) mass is 385 g/mol. The third-order valence-electron chi connectivity index (χ3n) is 5.73. The minimum absolute atomic E-state index is 0.137. The number of anilines is 1. The predicted octanol–water partition coefficient (Wildman–Crippen LogP) is 2.70. The van der Waals surface area contributed by atoms with Crippen LogP contribution in [0.2, 0.25) is 0 Å². The Morgan fingerprint density at radius 2 is 1.96 bits per heavy atom. The number of hydrogen-bond donors (Lipinski definition) is 1. The van der Waals surface area contributed by atoms with E-state index in [4.69, 9.17) is 4.98 Å². The first-order valence-electron chi connectivity index (χ1n) is 9.80. The van der Waals surface area contributed by atoms with Gasteiger partial charge in [0.15, 0.2) is 5.82 Å². The fourth-order valence-corrected chi connectivity index (χ4v) is 5.16. The van der Waals surface area contributed by atoms with E-state index in [-0.39, 0.29) is 5.56 Å². The van der Waals surface area contributed by atoms with Crippen molar-refractivity contribution in [2.75, 3.05) is 18.0 Å². The maximum atomic E-state index is 11.9. The molecule has 4 heterocycles. The molecule has 1 aliphatic carbocycles. The number of piperidine rings is 1. The Morgan fingerprint density at radius 1 is 1.11 bits per heavy atom. The molecule has 3 aromatic heterocycles. The number of H-pyrrole nitrogens is 1. The van der Waals surface area contributed by atoms with Gasteiger partial charge in [-0.3, -0.25) is 9.89 Å². The SMILES string of the molecule is O=c1ccnc2sc(N3CCC[C@@H](c4n[nH]c(C5CCCCC5)n4)C3)nn12. The van der Waals surface area contributed by atoms with E-state index in [0.717, 1.165) is 42.7 Å². The van der Waals surface area contributed by atoms with Gasteiger partial charge in [-0.1, -0.05) is 30.6 Å². The van der Waals surface area contributed by atoms with Crippen molar-refractivity contribution in [2.45, 2.75) is 56.8 Å². The van der Waals surface area contributed by atoms with Crippen molar-refractivity contribution in [3.63, 3.8) is 0 Å². The van der Waals surface area contributed by atoms with Gasteiger partial charge in [0.25, 0.3) is 5.56 Å². The molecule has 8 nitrogen and oxygen atoms in total. The zero-order valence-corrected chi connectivity index (χ0v) is 16.0. The number of aromatic nitrogens is 6. The summed E-state index contributed by atoms with van der Waals surface area (Å²) in [5.74, 6) is 2.83. The van der Waals surface area contributed by atoms with Crippen LogP contribution < -0.4 is 10.5 Å². The summed E-state index contributed by atoms with van der Waals surface area (Å²) in [5.41, 5.74) is -0.137. The number of hydrogen-bond acceptors (Lipinski definition) is 7. The zero-order chi connectivity index (χ0) is 18.2. The fourth-order valence-electron chi connectivity index (χ4n) is 4.25. The molecule has 0 aromatic carbocycles. The van der Waals surface area contributed by atoms with Crippen molar-refractivity contribution in [1.29, 1.82) is 0 Å². The van der Waals surface area contributed by atoms with Crippen molar-refractivity contribution in [1.82, 2.24) is 29.8 Å². The van der Waals surface area contributed by atoms with Crippen LogP contribution in [0, 0.1) is 0 Å². The first-order valence-corrected chi connectivity index (χ1v) is 10.6. The summed E-state index contributed by atoms with van der Waals surface area (Å²) < 4.78 is 1.39. The zero-order valence-electron chi connectivity index (χ0n) is 15.2. The molecule has 0 amide bonds. The highest BCUT2D eigenvalue weighted by molar-refractivity contribution is 7.20. The molecule has 1 saturated heterocycles. The molecule has 0 spiro atoms. The van der Waals surface area contributed by atoms with Crippen molar-refractivity contribution in [3.05, 3.63) is 34.3 Å². The summed E-state index contributed by atoms with van der Waals surface area (Å²) in [5, 5.41) is 13.1. The number of aromatic amines is 1. The summed E-state index contributed by atoms with van der Waals surface area (Å²) in [6.45, 7) is 1.77. The Morgan fingerprint density at radius 3 is 2.81 bits per heavy atom. The van der Waals surface area contributed by atoms with Gasteiger partial charge in [-0.25, -0.2) is 9.97 Å². The van der Waals surface area contributed by atoms with Crippen LogP contribution >= 0.6 is 11.3 Å². The van der Waals surface area contributed by atoms with Crippen LogP contribution in [0.3, 0.4) is 0 Å². The van der Waals surface area contributed by atoms with Crippen LogP contribution in [0.1, 0.15) is 68.4 Å². The maximum absolute atomic E-state index is 11.9. The van der Waals surface area contributed by atoms with E-state index in [9.17, 15) is 4.79 Å². The Labute approximate surface area is 160 Å². The van der Waals surface area contributed by atoms with Gasteiger partial charge in [0.1, 0.15) is 5.82 Å². The molecule has 27 heavy (non-hydrogen) atoms. The standard InChI is InChI=1S/C18H23N7OS/c26-14-8-9-19-17-25(14)23-18(27-17)24-10-4-7-13(11-24)16-20-15(21-22-16)12-5-2-1-3-6-12/h8-9,12-13H,1-7,10-11H2,(H,20,21,22)/t13-/m1/s1. The molecule has 1 aliphatic heterocycles. The molecule has 0 unspecified atom stereocenters. The Bertz CT molecular complexity index is 987. The van der Waals surface area contributed by atoms with Gasteiger partial charge in [-0.2, -0.15) is 9.61 Å². The Balaban J connectivity index is 1.35. The van der Waals surface area contributed by atoms with Crippen molar-refractivity contribution in [2.24, 2.45) is 0 Å². The van der Waals surface area contributed by atoms with E-state index in [1.807, 2.05) is 0 Å². The van der Waals surface area contributed by atoms with E-state index in [2.05, 4.69) is 25.2 Å². The van der Waals surface area contributed by atoms with Crippen molar-refractivity contribution in [3.8, 4) is 0 Å². The Kier molecular flexibility index (Phi) is 4.39. The van der Waals surface area contributed by atoms with Crippen LogP contribution in [-0.4, -0.2) is 42.9 Å². The lowest BCUT2D eigenvalue weighted by Crippen LogP contribution is -2.35. The average Bonchev–Trinajstić information content (AvgIpc) is 3.37. The molecule has 1 saturated carbocycles. The van der Waals surface area contributed by atoms with Gasteiger partial charge in [0.2, 0.25) is 10.1 Å². The van der Waals surface area contributed by atoms with E-state index in [0.29, 0.717) is 16.8 Å². The summed E-state index contributed by atoms with van der Waals surface area (Å²) >= 11 is 1.46. The van der Waals surface area contributed by atoms with Gasteiger partial charge in [0.05, 0.1) is 0 Å². The minimum atomic E-state index is -0.137. The molecule has 2 fully saturated rings. The number of nitrogens with zero attached hydrogens (tertiary/aromatic N) is 6. The smallest absolute Gasteiger partial charge is 0.275 e. The molecule has 1 N–H and O–H groups in total. The van der Waals surface area contributed by atoms with Crippen LogP contribution in [0.5, 0.6) is 0 Å². The molecule has 142 valence electrons. The second-order valence-electron chi connectivity index (χ2n) is 7.56. The van der Waals surface area contributed by atoms with E-state index >= 15 is 0 Å². The summed E-state index contributed by atoms with van der Waals surface area (Å²) in [4.78, 5) is 23.9.